The highest BCUT2D eigenvalue weighted by Crippen LogP contribution is 2.43. The number of nitrogens with one attached hydrogen (secondary N) is 1. The summed E-state index contributed by atoms with van der Waals surface area (Å²) in [6, 6.07) is 11.7. The van der Waals surface area contributed by atoms with Crippen molar-refractivity contribution in [3.8, 4) is 0 Å². The summed E-state index contributed by atoms with van der Waals surface area (Å²) in [6.07, 6.45) is 3.81. The van der Waals surface area contributed by atoms with Gasteiger partial charge >= 0.3 is 0 Å². The van der Waals surface area contributed by atoms with E-state index in [4.69, 9.17) is 0 Å². The fraction of sp³-hybridized carbons (Fsp3) is 0.353. The number of pyridine rings is 1. The molecule has 3 nitrogen and oxygen atoms in total. The SMILES string of the molecule is Cc1ccc2c(c1)[C@@H]1CNC[C@@H]1N2Cc1cccnc1. The van der Waals surface area contributed by atoms with Crippen LogP contribution in [-0.2, 0) is 6.54 Å². The minimum atomic E-state index is 0.590. The minimum Gasteiger partial charge on any atom is -0.362 e. The number of fused-ring (bicyclic) bond motifs is 3. The van der Waals surface area contributed by atoms with E-state index < -0.39 is 0 Å². The van der Waals surface area contributed by atoms with Gasteiger partial charge < -0.3 is 10.2 Å². The molecule has 2 atom stereocenters. The van der Waals surface area contributed by atoms with Crippen molar-refractivity contribution in [2.45, 2.75) is 25.4 Å². The predicted octanol–water partition coefficient (Wildman–Crippen LogP) is 2.47. The third-order valence-corrected chi connectivity index (χ3v) is 4.55. The zero-order chi connectivity index (χ0) is 13.5. The lowest BCUT2D eigenvalue weighted by Gasteiger charge is -2.26. The Bertz CT molecular complexity index is 623. The van der Waals surface area contributed by atoms with Gasteiger partial charge in [0.25, 0.3) is 0 Å². The first-order valence-corrected chi connectivity index (χ1v) is 7.30. The third kappa shape index (κ3) is 1.81. The van der Waals surface area contributed by atoms with Crippen molar-refractivity contribution in [2.24, 2.45) is 0 Å². The van der Waals surface area contributed by atoms with E-state index in [1.165, 1.54) is 22.4 Å². The predicted molar refractivity (Wildman–Crippen MR) is 81.0 cm³/mol. The summed E-state index contributed by atoms with van der Waals surface area (Å²) >= 11 is 0. The van der Waals surface area contributed by atoms with E-state index in [0.717, 1.165) is 19.6 Å². The second-order valence-corrected chi connectivity index (χ2v) is 5.88. The van der Waals surface area contributed by atoms with Crippen LogP contribution >= 0.6 is 0 Å². The number of aromatic nitrogens is 1. The molecule has 2 aromatic rings. The zero-order valence-electron chi connectivity index (χ0n) is 11.7. The Morgan fingerprint density at radius 1 is 1.30 bits per heavy atom. The van der Waals surface area contributed by atoms with Crippen LogP contribution in [0.2, 0.25) is 0 Å². The molecule has 1 aromatic carbocycles. The third-order valence-electron chi connectivity index (χ3n) is 4.55. The lowest BCUT2D eigenvalue weighted by Crippen LogP contribution is -2.34. The largest absolute Gasteiger partial charge is 0.362 e. The van der Waals surface area contributed by atoms with Gasteiger partial charge in [0, 0.05) is 49.7 Å². The number of hydrogen-bond donors (Lipinski definition) is 1. The maximum Gasteiger partial charge on any atom is 0.0499 e. The molecule has 1 N–H and O–H groups in total. The molecule has 0 spiro atoms. The quantitative estimate of drug-likeness (QED) is 0.904. The first-order valence-electron chi connectivity index (χ1n) is 7.30. The molecule has 2 aliphatic heterocycles. The molecule has 1 aromatic heterocycles. The van der Waals surface area contributed by atoms with Gasteiger partial charge in [0.05, 0.1) is 0 Å². The molecule has 0 amide bonds. The number of anilines is 1. The summed E-state index contributed by atoms with van der Waals surface area (Å²) in [4.78, 5) is 6.79. The Morgan fingerprint density at radius 3 is 3.10 bits per heavy atom. The van der Waals surface area contributed by atoms with Gasteiger partial charge in [-0.25, -0.2) is 0 Å². The molecule has 1 fully saturated rings. The molecule has 102 valence electrons. The van der Waals surface area contributed by atoms with Crippen molar-refractivity contribution >= 4 is 5.69 Å². The van der Waals surface area contributed by atoms with Gasteiger partial charge in [0.2, 0.25) is 0 Å². The Hall–Kier alpha value is -1.87. The molecule has 0 unspecified atom stereocenters. The normalized spacial score (nSPS) is 23.8. The number of nitrogens with zero attached hydrogens (tertiary/aromatic N) is 2. The Kier molecular flexibility index (Phi) is 2.74. The Labute approximate surface area is 119 Å². The van der Waals surface area contributed by atoms with Crippen LogP contribution < -0.4 is 10.2 Å². The van der Waals surface area contributed by atoms with Gasteiger partial charge in [-0.15, -0.1) is 0 Å². The first-order chi connectivity index (χ1) is 9.83. The van der Waals surface area contributed by atoms with Gasteiger partial charge in [0.1, 0.15) is 0 Å². The molecule has 0 radical (unpaired) electrons. The van der Waals surface area contributed by atoms with Crippen LogP contribution in [0.4, 0.5) is 5.69 Å². The van der Waals surface area contributed by atoms with Crippen LogP contribution in [0.3, 0.4) is 0 Å². The maximum absolute atomic E-state index is 4.24. The molecule has 1 saturated heterocycles. The molecular weight excluding hydrogens is 246 g/mol. The number of rotatable bonds is 2. The maximum atomic E-state index is 4.24. The Balaban J connectivity index is 1.73. The van der Waals surface area contributed by atoms with Crippen LogP contribution in [-0.4, -0.2) is 24.1 Å². The van der Waals surface area contributed by atoms with E-state index in [9.17, 15) is 0 Å². The number of hydrogen-bond acceptors (Lipinski definition) is 3. The van der Waals surface area contributed by atoms with Crippen LogP contribution in [0.5, 0.6) is 0 Å². The van der Waals surface area contributed by atoms with Gasteiger partial charge in [-0.05, 0) is 30.2 Å². The smallest absolute Gasteiger partial charge is 0.0499 e. The van der Waals surface area contributed by atoms with Crippen molar-refractivity contribution in [2.75, 3.05) is 18.0 Å². The number of aryl methyl sites for hydroxylation is 1. The molecule has 2 aliphatic rings. The average molecular weight is 265 g/mol. The highest BCUT2D eigenvalue weighted by atomic mass is 15.2. The fourth-order valence-corrected chi connectivity index (χ4v) is 3.61. The van der Waals surface area contributed by atoms with Crippen LogP contribution in [0.25, 0.3) is 0 Å². The van der Waals surface area contributed by atoms with Crippen LogP contribution in [0.15, 0.2) is 42.7 Å². The van der Waals surface area contributed by atoms with Gasteiger partial charge in [-0.3, -0.25) is 4.98 Å². The molecule has 20 heavy (non-hydrogen) atoms. The fourth-order valence-electron chi connectivity index (χ4n) is 3.61. The second kappa shape index (κ2) is 4.60. The van der Waals surface area contributed by atoms with E-state index in [2.05, 4.69) is 46.4 Å². The van der Waals surface area contributed by atoms with E-state index in [1.807, 2.05) is 18.5 Å². The summed E-state index contributed by atoms with van der Waals surface area (Å²) < 4.78 is 0. The van der Waals surface area contributed by atoms with E-state index >= 15 is 0 Å². The molecular formula is C17H19N3. The van der Waals surface area contributed by atoms with E-state index in [1.54, 1.807) is 0 Å². The van der Waals surface area contributed by atoms with Crippen molar-refractivity contribution in [3.63, 3.8) is 0 Å². The topological polar surface area (TPSA) is 28.2 Å². The van der Waals surface area contributed by atoms with Crippen molar-refractivity contribution in [1.29, 1.82) is 0 Å². The molecule has 0 bridgehead atoms. The molecule has 3 heterocycles. The summed E-state index contributed by atoms with van der Waals surface area (Å²) in [5.74, 6) is 0.640. The van der Waals surface area contributed by atoms with Crippen molar-refractivity contribution in [1.82, 2.24) is 10.3 Å². The van der Waals surface area contributed by atoms with Crippen molar-refractivity contribution < 1.29 is 0 Å². The summed E-state index contributed by atoms with van der Waals surface area (Å²) in [5, 5.41) is 3.54. The lowest BCUT2D eigenvalue weighted by molar-refractivity contribution is 0.620. The van der Waals surface area contributed by atoms with Gasteiger partial charge in [-0.2, -0.15) is 0 Å². The molecule has 0 aliphatic carbocycles. The van der Waals surface area contributed by atoms with Crippen LogP contribution in [0, 0.1) is 6.92 Å². The van der Waals surface area contributed by atoms with Crippen LogP contribution in [0.1, 0.15) is 22.6 Å². The van der Waals surface area contributed by atoms with E-state index in [0.29, 0.717) is 12.0 Å². The molecule has 3 heteroatoms. The number of benzene rings is 1. The van der Waals surface area contributed by atoms with Gasteiger partial charge in [0.15, 0.2) is 0 Å². The first kappa shape index (κ1) is 11.9. The van der Waals surface area contributed by atoms with Gasteiger partial charge in [-0.1, -0.05) is 23.8 Å². The zero-order valence-corrected chi connectivity index (χ0v) is 11.7. The highest BCUT2D eigenvalue weighted by molar-refractivity contribution is 5.64. The van der Waals surface area contributed by atoms with E-state index in [-0.39, 0.29) is 0 Å². The lowest BCUT2D eigenvalue weighted by atomic mass is 9.97. The Morgan fingerprint density at radius 2 is 2.25 bits per heavy atom. The minimum absolute atomic E-state index is 0.590. The summed E-state index contributed by atoms with van der Waals surface area (Å²) in [7, 11) is 0. The second-order valence-electron chi connectivity index (χ2n) is 5.88. The van der Waals surface area contributed by atoms with Crippen molar-refractivity contribution in [3.05, 3.63) is 59.4 Å². The average Bonchev–Trinajstić information content (AvgIpc) is 3.04. The summed E-state index contributed by atoms with van der Waals surface area (Å²) in [5.41, 5.74) is 5.57. The summed E-state index contributed by atoms with van der Waals surface area (Å²) in [6.45, 7) is 5.32. The highest BCUT2D eigenvalue weighted by Gasteiger charge is 2.41. The monoisotopic (exact) mass is 265 g/mol. The standard InChI is InChI=1S/C17H19N3/c1-12-4-5-16-14(7-12)15-9-19-10-17(15)20(16)11-13-3-2-6-18-8-13/h2-8,15,17,19H,9-11H2,1H3/t15-,17-/m0/s1. The molecule has 0 saturated carbocycles. The molecule has 4 rings (SSSR count).